The average molecular weight is 387 g/mol. The SMILES string of the molecule is C\C=C/C(C(N)=O)=C(\C=C/C)N1CCN(c2cc(Cl)nc3nc[nH]c23)CC1. The lowest BCUT2D eigenvalue weighted by molar-refractivity contribution is -0.114. The van der Waals surface area contributed by atoms with E-state index in [1.807, 2.05) is 38.1 Å². The zero-order chi connectivity index (χ0) is 19.4. The second-order valence-corrected chi connectivity index (χ2v) is 6.59. The predicted molar refractivity (Wildman–Crippen MR) is 109 cm³/mol. The molecule has 0 saturated carbocycles. The number of nitrogens with zero attached hydrogens (tertiary/aromatic N) is 4. The van der Waals surface area contributed by atoms with Gasteiger partial charge in [-0.2, -0.15) is 0 Å². The van der Waals surface area contributed by atoms with Crippen LogP contribution in [0.2, 0.25) is 5.15 Å². The van der Waals surface area contributed by atoms with Gasteiger partial charge in [0.25, 0.3) is 5.91 Å². The first-order valence-electron chi connectivity index (χ1n) is 8.84. The van der Waals surface area contributed by atoms with Gasteiger partial charge in [-0.25, -0.2) is 9.97 Å². The number of allylic oxidation sites excluding steroid dienone is 3. The minimum atomic E-state index is -0.427. The molecule has 1 saturated heterocycles. The Labute approximate surface area is 163 Å². The maximum atomic E-state index is 11.9. The quantitative estimate of drug-likeness (QED) is 0.468. The molecule has 0 aromatic carbocycles. The van der Waals surface area contributed by atoms with Gasteiger partial charge in [0.15, 0.2) is 5.65 Å². The molecule has 2 aromatic rings. The fourth-order valence-electron chi connectivity index (χ4n) is 3.30. The van der Waals surface area contributed by atoms with Crippen molar-refractivity contribution < 1.29 is 4.79 Å². The summed E-state index contributed by atoms with van der Waals surface area (Å²) in [5.74, 6) is -0.427. The fourth-order valence-corrected chi connectivity index (χ4v) is 3.48. The molecule has 3 rings (SSSR count). The van der Waals surface area contributed by atoms with E-state index in [-0.39, 0.29) is 0 Å². The first kappa shape index (κ1) is 19.0. The highest BCUT2D eigenvalue weighted by Crippen LogP contribution is 2.28. The summed E-state index contributed by atoms with van der Waals surface area (Å²) in [5, 5.41) is 0.422. The molecular formula is C19H23ClN6O. The molecule has 0 spiro atoms. The van der Waals surface area contributed by atoms with Gasteiger partial charge in [-0.1, -0.05) is 29.8 Å². The summed E-state index contributed by atoms with van der Waals surface area (Å²) in [5.41, 5.74) is 9.44. The van der Waals surface area contributed by atoms with Crippen LogP contribution < -0.4 is 10.6 Å². The number of carbonyl (C=O) groups is 1. The van der Waals surface area contributed by atoms with Crippen molar-refractivity contribution >= 4 is 34.4 Å². The third-order valence-corrected chi connectivity index (χ3v) is 4.70. The van der Waals surface area contributed by atoms with Gasteiger partial charge in [0.05, 0.1) is 17.6 Å². The molecule has 0 radical (unpaired) electrons. The highest BCUT2D eigenvalue weighted by Gasteiger charge is 2.23. The molecule has 0 atom stereocenters. The maximum Gasteiger partial charge on any atom is 0.250 e. The molecule has 3 N–H and O–H groups in total. The molecule has 0 aliphatic carbocycles. The molecule has 1 aliphatic rings. The number of fused-ring (bicyclic) bond motifs is 1. The largest absolute Gasteiger partial charge is 0.367 e. The molecular weight excluding hydrogens is 364 g/mol. The number of primary amides is 1. The summed E-state index contributed by atoms with van der Waals surface area (Å²) in [6, 6.07) is 1.86. The van der Waals surface area contributed by atoms with Crippen LogP contribution in [-0.4, -0.2) is 51.9 Å². The summed E-state index contributed by atoms with van der Waals surface area (Å²) < 4.78 is 0. The Balaban J connectivity index is 1.86. The number of hydrogen-bond acceptors (Lipinski definition) is 5. The van der Waals surface area contributed by atoms with Gasteiger partial charge in [0.2, 0.25) is 0 Å². The van der Waals surface area contributed by atoms with Crippen LogP contribution in [0.1, 0.15) is 13.8 Å². The standard InChI is InChI=1S/C19H23ClN6O/c1-3-5-13(18(21)27)14(6-4-2)25-7-9-26(10-8-25)15-11-16(20)24-19-17(15)22-12-23-19/h3-6,11-12H,7-10H2,1-2H3,(H2,21,27)(H,22,23,24)/b5-3-,6-4-,14-13-. The van der Waals surface area contributed by atoms with E-state index in [0.29, 0.717) is 16.4 Å². The average Bonchev–Trinajstić information content (AvgIpc) is 3.12. The summed E-state index contributed by atoms with van der Waals surface area (Å²) in [7, 11) is 0. The number of piperazine rings is 1. The Morgan fingerprint density at radius 2 is 1.93 bits per heavy atom. The Hall–Kier alpha value is -2.80. The van der Waals surface area contributed by atoms with Gasteiger partial charge >= 0.3 is 0 Å². The van der Waals surface area contributed by atoms with Gasteiger partial charge in [0.1, 0.15) is 10.7 Å². The van der Waals surface area contributed by atoms with Crippen molar-refractivity contribution in [1.29, 1.82) is 0 Å². The number of hydrogen-bond donors (Lipinski definition) is 2. The van der Waals surface area contributed by atoms with Gasteiger partial charge < -0.3 is 20.5 Å². The Morgan fingerprint density at radius 3 is 2.56 bits per heavy atom. The number of amides is 1. The number of aromatic amines is 1. The monoisotopic (exact) mass is 386 g/mol. The zero-order valence-electron chi connectivity index (χ0n) is 15.4. The van der Waals surface area contributed by atoms with Crippen LogP contribution in [0.25, 0.3) is 11.2 Å². The summed E-state index contributed by atoms with van der Waals surface area (Å²) >= 11 is 6.15. The van der Waals surface area contributed by atoms with E-state index < -0.39 is 5.91 Å². The third-order valence-electron chi connectivity index (χ3n) is 4.50. The normalized spacial score (nSPS) is 16.6. The minimum Gasteiger partial charge on any atom is -0.367 e. The molecule has 0 bridgehead atoms. The molecule has 0 unspecified atom stereocenters. The van der Waals surface area contributed by atoms with Crippen molar-refractivity contribution in [2.24, 2.45) is 5.73 Å². The Morgan fingerprint density at radius 1 is 1.22 bits per heavy atom. The van der Waals surface area contributed by atoms with Crippen molar-refractivity contribution in [3.05, 3.63) is 53.1 Å². The van der Waals surface area contributed by atoms with Crippen LogP contribution in [0.15, 0.2) is 48.0 Å². The number of nitrogens with one attached hydrogen (secondary N) is 1. The highest BCUT2D eigenvalue weighted by molar-refractivity contribution is 6.30. The molecule has 7 nitrogen and oxygen atoms in total. The third kappa shape index (κ3) is 3.98. The van der Waals surface area contributed by atoms with E-state index in [0.717, 1.165) is 43.1 Å². The number of pyridine rings is 1. The van der Waals surface area contributed by atoms with Gasteiger partial charge in [-0.05, 0) is 19.9 Å². The highest BCUT2D eigenvalue weighted by atomic mass is 35.5. The number of halogens is 1. The van der Waals surface area contributed by atoms with E-state index in [1.54, 1.807) is 12.4 Å². The number of imidazole rings is 1. The number of H-pyrrole nitrogens is 1. The Kier molecular flexibility index (Phi) is 5.81. The van der Waals surface area contributed by atoms with Crippen molar-refractivity contribution in [2.45, 2.75) is 13.8 Å². The van der Waals surface area contributed by atoms with Gasteiger partial charge in [-0.15, -0.1) is 0 Å². The molecule has 27 heavy (non-hydrogen) atoms. The molecule has 142 valence electrons. The first-order valence-corrected chi connectivity index (χ1v) is 9.22. The molecule has 1 amide bonds. The van der Waals surface area contributed by atoms with Gasteiger partial charge in [-0.3, -0.25) is 4.79 Å². The van der Waals surface area contributed by atoms with Crippen molar-refractivity contribution in [1.82, 2.24) is 19.9 Å². The van der Waals surface area contributed by atoms with Crippen LogP contribution in [0.5, 0.6) is 0 Å². The lowest BCUT2D eigenvalue weighted by Crippen LogP contribution is -2.46. The molecule has 3 heterocycles. The minimum absolute atomic E-state index is 0.422. The molecule has 8 heteroatoms. The van der Waals surface area contributed by atoms with Crippen LogP contribution in [0.3, 0.4) is 0 Å². The summed E-state index contributed by atoms with van der Waals surface area (Å²) in [6.45, 7) is 6.86. The van der Waals surface area contributed by atoms with E-state index in [2.05, 4.69) is 24.8 Å². The van der Waals surface area contributed by atoms with E-state index in [1.165, 1.54) is 0 Å². The molecule has 1 aliphatic heterocycles. The maximum absolute atomic E-state index is 11.9. The topological polar surface area (TPSA) is 91.1 Å². The predicted octanol–water partition coefficient (Wildman–Crippen LogP) is 2.62. The lowest BCUT2D eigenvalue weighted by Gasteiger charge is -2.38. The van der Waals surface area contributed by atoms with Crippen molar-refractivity contribution in [3.8, 4) is 0 Å². The Bertz CT molecular complexity index is 921. The van der Waals surface area contributed by atoms with Crippen molar-refractivity contribution in [3.63, 3.8) is 0 Å². The van der Waals surface area contributed by atoms with Crippen LogP contribution >= 0.6 is 11.6 Å². The van der Waals surface area contributed by atoms with Gasteiger partial charge in [0, 0.05) is 37.9 Å². The second kappa shape index (κ2) is 8.26. The van der Waals surface area contributed by atoms with Crippen LogP contribution in [-0.2, 0) is 4.79 Å². The van der Waals surface area contributed by atoms with E-state index in [9.17, 15) is 4.79 Å². The van der Waals surface area contributed by atoms with Crippen LogP contribution in [0.4, 0.5) is 5.69 Å². The lowest BCUT2D eigenvalue weighted by atomic mass is 10.1. The van der Waals surface area contributed by atoms with E-state index in [4.69, 9.17) is 17.3 Å². The van der Waals surface area contributed by atoms with Crippen molar-refractivity contribution in [2.75, 3.05) is 31.1 Å². The number of nitrogens with two attached hydrogens (primary N) is 1. The van der Waals surface area contributed by atoms with E-state index >= 15 is 0 Å². The number of carbonyl (C=O) groups excluding carboxylic acids is 1. The molecule has 2 aromatic heterocycles. The number of anilines is 1. The summed E-state index contributed by atoms with van der Waals surface area (Å²) in [4.78, 5) is 27.9. The molecule has 1 fully saturated rings. The second-order valence-electron chi connectivity index (χ2n) is 6.20. The zero-order valence-corrected chi connectivity index (χ0v) is 16.2. The fraction of sp³-hybridized carbons (Fsp3) is 0.316. The number of rotatable bonds is 5. The number of aromatic nitrogens is 3. The summed E-state index contributed by atoms with van der Waals surface area (Å²) in [6.07, 6.45) is 9.07. The van der Waals surface area contributed by atoms with Crippen LogP contribution in [0, 0.1) is 0 Å². The first-order chi connectivity index (χ1) is 13.0. The smallest absolute Gasteiger partial charge is 0.250 e.